The van der Waals surface area contributed by atoms with Crippen molar-refractivity contribution in [2.24, 2.45) is 7.05 Å². The van der Waals surface area contributed by atoms with Crippen LogP contribution in [0.5, 0.6) is 5.88 Å². The van der Waals surface area contributed by atoms with Gasteiger partial charge in [-0.2, -0.15) is 4.68 Å². The van der Waals surface area contributed by atoms with E-state index >= 15 is 0 Å². The smallest absolute Gasteiger partial charge is 0.369 e. The van der Waals surface area contributed by atoms with Crippen LogP contribution in [0.3, 0.4) is 0 Å². The number of halogens is 1. The molecule has 11 nitrogen and oxygen atoms in total. The van der Waals surface area contributed by atoms with Gasteiger partial charge in [-0.05, 0) is 31.6 Å². The number of nitrogens with one attached hydrogen (secondary N) is 1. The molecule has 12 heteroatoms. The molecular formula is C9H8BrN9O2. The molecule has 21 heavy (non-hydrogen) atoms. The zero-order chi connectivity index (χ0) is 15.7. The first-order valence-electron chi connectivity index (χ1n) is 6.06. The Hall–Kier alpha value is -2.63. The second kappa shape index (κ2) is 5.40. The molecule has 3 rings (SSSR count). The highest BCUT2D eigenvalue weighted by Crippen LogP contribution is 2.19. The molecule has 0 amide bonds. The van der Waals surface area contributed by atoms with E-state index in [0.29, 0.717) is 10.2 Å². The van der Waals surface area contributed by atoms with Gasteiger partial charge in [0.15, 0.2) is 7.23 Å². The van der Waals surface area contributed by atoms with Gasteiger partial charge >= 0.3 is 5.69 Å². The topological polar surface area (TPSA) is 129 Å². The zero-order valence-corrected chi connectivity index (χ0v) is 12.2. The maximum atomic E-state index is 11.9. The average Bonchev–Trinajstić information content (AvgIpc) is 3.05. The van der Waals surface area contributed by atoms with Crippen LogP contribution in [-0.2, 0) is 13.7 Å². The molecule has 0 saturated carbocycles. The van der Waals surface area contributed by atoms with Crippen molar-refractivity contribution >= 4 is 15.9 Å². The Morgan fingerprint density at radius 3 is 3.00 bits per heavy atom. The molecule has 0 aliphatic rings. The Balaban J connectivity index is 1.96. The van der Waals surface area contributed by atoms with E-state index in [2.05, 4.69) is 46.9 Å². The third-order valence-electron chi connectivity index (χ3n) is 2.52. The van der Waals surface area contributed by atoms with Crippen LogP contribution < -0.4 is 10.4 Å². The van der Waals surface area contributed by atoms with Gasteiger partial charge in [0.05, 0.1) is 5.56 Å². The molecule has 0 atom stereocenters. The lowest BCUT2D eigenvalue weighted by Crippen LogP contribution is -2.24. The van der Waals surface area contributed by atoms with E-state index in [4.69, 9.17) is 6.15 Å². The second-order valence-corrected chi connectivity index (χ2v) is 4.59. The molecule has 0 spiro atoms. The number of hydrogen-bond acceptors (Lipinski definition) is 8. The Kier molecular flexibility index (Phi) is 3.12. The van der Waals surface area contributed by atoms with Gasteiger partial charge in [-0.1, -0.05) is 0 Å². The van der Waals surface area contributed by atoms with Crippen LogP contribution in [-0.4, -0.2) is 45.4 Å². The first kappa shape index (κ1) is 12.1. The minimum Gasteiger partial charge on any atom is -0.471 e. The van der Waals surface area contributed by atoms with Crippen molar-refractivity contribution in [3.05, 3.63) is 32.9 Å². The summed E-state index contributed by atoms with van der Waals surface area (Å²) < 4.78 is 15.1. The summed E-state index contributed by atoms with van der Waals surface area (Å²) in [6.45, 7) is -0.00152. The van der Waals surface area contributed by atoms with Gasteiger partial charge in [0, 0.05) is 19.3 Å². The van der Waals surface area contributed by atoms with Crippen LogP contribution in [0.2, 0.25) is 1.41 Å². The summed E-state index contributed by atoms with van der Waals surface area (Å²) in [5, 5.41) is 23.1. The molecule has 0 saturated heterocycles. The Morgan fingerprint density at radius 2 is 2.33 bits per heavy atom. The van der Waals surface area contributed by atoms with Gasteiger partial charge in [0.1, 0.15) is 11.2 Å². The predicted octanol–water partition coefficient (Wildman–Crippen LogP) is -0.784. The number of aryl methyl sites for hydroxylation is 1. The van der Waals surface area contributed by atoms with Crippen molar-refractivity contribution in [2.45, 2.75) is 6.61 Å². The number of rotatable bonds is 4. The lowest BCUT2D eigenvalue weighted by atomic mass is 10.3. The van der Waals surface area contributed by atoms with Crippen LogP contribution in [0.25, 0.3) is 5.82 Å². The summed E-state index contributed by atoms with van der Waals surface area (Å²) in [5.74, 6) is 0.390. The van der Waals surface area contributed by atoms with Crippen molar-refractivity contribution in [2.75, 3.05) is 0 Å². The molecule has 0 aromatic carbocycles. The molecule has 0 bridgehead atoms. The number of hydrogen-bond donors (Lipinski definition) is 1. The standard InChI is InChI=1S/C9H8BrN9O2/c1-18-9(20)19(17-16-18)8-5(7(10)13-15-14-8)4-21-6-2-3-11-12-6/h2-3H,4H2,1H3,(H,11,12)/i/hT. The fourth-order valence-corrected chi connectivity index (χ4v) is 1.86. The van der Waals surface area contributed by atoms with Crippen molar-refractivity contribution in [1.82, 2.24) is 45.4 Å². The molecule has 1 N–H and O–H groups in total. The SMILES string of the molecule is [3H]n1ccc(OCc2c(Br)nnnc2-n2nnn(C)c2=O)n1. The van der Waals surface area contributed by atoms with Gasteiger partial charge in [-0.3, -0.25) is 5.09 Å². The normalized spacial score (nSPS) is 11.4. The quantitative estimate of drug-likeness (QED) is 0.644. The Bertz CT molecular complexity index is 872. The number of tetrazole rings is 1. The van der Waals surface area contributed by atoms with Crippen LogP contribution in [0.4, 0.5) is 0 Å². The third kappa shape index (κ3) is 2.52. The second-order valence-electron chi connectivity index (χ2n) is 3.84. The molecule has 3 aromatic heterocycles. The maximum Gasteiger partial charge on any atom is 0.369 e. The summed E-state index contributed by atoms with van der Waals surface area (Å²) in [4.78, 5) is 11.9. The van der Waals surface area contributed by atoms with Crippen molar-refractivity contribution in [3.8, 4) is 11.7 Å². The monoisotopic (exact) mass is 355 g/mol. The molecule has 0 unspecified atom stereocenters. The summed E-state index contributed by atoms with van der Waals surface area (Å²) in [5.41, 5.74) is -0.0405. The van der Waals surface area contributed by atoms with Crippen molar-refractivity contribution in [3.63, 3.8) is 0 Å². The van der Waals surface area contributed by atoms with E-state index < -0.39 is 5.69 Å². The van der Waals surface area contributed by atoms with Gasteiger partial charge < -0.3 is 4.74 Å². The number of ether oxygens (including phenoxy) is 1. The van der Waals surface area contributed by atoms with Crippen LogP contribution >= 0.6 is 15.9 Å². The van der Waals surface area contributed by atoms with Gasteiger partial charge in [0.25, 0.3) is 0 Å². The Morgan fingerprint density at radius 1 is 1.48 bits per heavy atom. The highest BCUT2D eigenvalue weighted by molar-refractivity contribution is 9.10. The zero-order valence-electron chi connectivity index (χ0n) is 11.6. The van der Waals surface area contributed by atoms with E-state index in [9.17, 15) is 4.79 Å². The summed E-state index contributed by atoms with van der Waals surface area (Å²) in [6, 6.07) is 1.52. The van der Waals surface area contributed by atoms with Gasteiger partial charge in [-0.15, -0.1) is 20.0 Å². The number of H-pyrrole nitrogens is 1. The van der Waals surface area contributed by atoms with Crippen LogP contribution in [0, 0.1) is 0 Å². The van der Waals surface area contributed by atoms with E-state index in [-0.39, 0.29) is 18.3 Å². The molecular weight excluding hydrogens is 346 g/mol. The van der Waals surface area contributed by atoms with E-state index in [1.54, 1.807) is 0 Å². The summed E-state index contributed by atoms with van der Waals surface area (Å²) in [7, 11) is 1.46. The minimum atomic E-state index is -0.482. The lowest BCUT2D eigenvalue weighted by molar-refractivity contribution is 0.290. The lowest BCUT2D eigenvalue weighted by Gasteiger charge is -2.07. The fraction of sp³-hybridized carbons (Fsp3) is 0.222. The third-order valence-corrected chi connectivity index (χ3v) is 3.15. The Labute approximate surface area is 126 Å². The molecule has 0 aliphatic carbocycles. The maximum absolute atomic E-state index is 11.9. The van der Waals surface area contributed by atoms with Gasteiger partial charge in [-0.25, -0.2) is 4.79 Å². The molecule has 0 fully saturated rings. The number of aromatic nitrogens is 9. The van der Waals surface area contributed by atoms with Crippen LogP contribution in [0.15, 0.2) is 21.7 Å². The van der Waals surface area contributed by atoms with Crippen molar-refractivity contribution in [1.29, 1.82) is 0 Å². The first-order valence-corrected chi connectivity index (χ1v) is 6.40. The molecule has 3 aromatic rings. The van der Waals surface area contributed by atoms with Gasteiger partial charge in [0.2, 0.25) is 5.88 Å². The number of nitrogens with zero attached hydrogens (tertiary/aromatic N) is 8. The molecule has 108 valence electrons. The molecule has 0 radical (unpaired) electrons. The van der Waals surface area contributed by atoms with E-state index in [1.807, 2.05) is 0 Å². The van der Waals surface area contributed by atoms with Crippen molar-refractivity contribution < 1.29 is 6.15 Å². The number of aromatic amines is 1. The van der Waals surface area contributed by atoms with E-state index in [1.165, 1.54) is 19.3 Å². The van der Waals surface area contributed by atoms with Crippen LogP contribution in [0.1, 0.15) is 5.56 Å². The predicted molar refractivity (Wildman–Crippen MR) is 70.6 cm³/mol. The molecule has 3 heterocycles. The fourth-order valence-electron chi connectivity index (χ4n) is 1.50. The highest BCUT2D eigenvalue weighted by Gasteiger charge is 2.18. The average molecular weight is 356 g/mol. The largest absolute Gasteiger partial charge is 0.471 e. The minimum absolute atomic E-state index is 0.00152. The first-order chi connectivity index (χ1) is 10.6. The summed E-state index contributed by atoms with van der Waals surface area (Å²) in [6.07, 6.45) is 1.42. The van der Waals surface area contributed by atoms with E-state index in [0.717, 1.165) is 14.5 Å². The highest BCUT2D eigenvalue weighted by atomic mass is 79.9. The molecule has 0 aliphatic heterocycles. The summed E-state index contributed by atoms with van der Waals surface area (Å²) >= 11 is 3.23.